The first-order valence-corrected chi connectivity index (χ1v) is 4.25. The van der Waals surface area contributed by atoms with Crippen molar-refractivity contribution in [2.75, 3.05) is 6.61 Å². The quantitative estimate of drug-likeness (QED) is 0.623. The van der Waals surface area contributed by atoms with Gasteiger partial charge in [-0.25, -0.2) is 4.79 Å². The number of benzene rings is 1. The molecule has 0 spiro atoms. The Labute approximate surface area is 116 Å². The first kappa shape index (κ1) is 14.7. The van der Waals surface area contributed by atoms with E-state index in [9.17, 15) is 4.79 Å². The fourth-order valence-corrected chi connectivity index (χ4v) is 1.15. The maximum absolute atomic E-state index is 10.2. The van der Waals surface area contributed by atoms with Crippen molar-refractivity contribution in [2.45, 2.75) is 6.61 Å². The van der Waals surface area contributed by atoms with E-state index >= 15 is 0 Å². The molecule has 1 aromatic carbocycles. The normalized spacial score (nSPS) is 9.20. The maximum atomic E-state index is 10.2. The van der Waals surface area contributed by atoms with E-state index in [1.54, 1.807) is 6.07 Å². The van der Waals surface area contributed by atoms with E-state index in [1.807, 2.05) is 0 Å². The van der Waals surface area contributed by atoms with E-state index in [-0.39, 0.29) is 37.6 Å². The van der Waals surface area contributed by atoms with Crippen LogP contribution in [0.25, 0.3) is 0 Å². The van der Waals surface area contributed by atoms with Crippen LogP contribution < -0.4 is 34.3 Å². The van der Waals surface area contributed by atoms with Crippen LogP contribution in [0.15, 0.2) is 18.2 Å². The van der Waals surface area contributed by atoms with E-state index < -0.39 is 12.6 Å². The van der Waals surface area contributed by atoms with Gasteiger partial charge in [-0.05, 0) is 18.2 Å². The topological polar surface area (TPSA) is 66.8 Å². The van der Waals surface area contributed by atoms with Crippen molar-refractivity contribution in [3.05, 3.63) is 28.8 Å². The number of hydrogen-bond acceptors (Lipinski definition) is 3. The Morgan fingerprint density at radius 2 is 2.20 bits per heavy atom. The summed E-state index contributed by atoms with van der Waals surface area (Å²) in [5, 5.41) is 17.8. The number of halogens is 1. The molecular weight excluding hydrogens is 231 g/mol. The van der Waals surface area contributed by atoms with Gasteiger partial charge < -0.3 is 16.4 Å². The molecule has 0 aliphatic rings. The van der Waals surface area contributed by atoms with Crippen molar-refractivity contribution >= 4 is 17.6 Å². The Kier molecular flexibility index (Phi) is 6.96. The molecule has 0 saturated heterocycles. The first-order valence-electron chi connectivity index (χ1n) is 3.87. The summed E-state index contributed by atoms with van der Waals surface area (Å²) in [4.78, 5) is 10.2. The number of ether oxygens (including phenoxy) is 1. The van der Waals surface area contributed by atoms with Gasteiger partial charge in [0.1, 0.15) is 5.75 Å². The number of rotatable bonds is 4. The molecule has 0 fully saturated rings. The van der Waals surface area contributed by atoms with Crippen LogP contribution in [0.5, 0.6) is 5.75 Å². The molecular formula is C9H10ClNaO4. The average molecular weight is 241 g/mol. The van der Waals surface area contributed by atoms with Crippen molar-refractivity contribution in [1.29, 1.82) is 0 Å². The van der Waals surface area contributed by atoms with Gasteiger partial charge >= 0.3 is 35.5 Å². The number of aliphatic hydroxyl groups excluding tert-OH is 1. The van der Waals surface area contributed by atoms with Gasteiger partial charge in [-0.1, -0.05) is 11.6 Å². The zero-order valence-electron chi connectivity index (χ0n) is 9.24. The standard InChI is InChI=1S/C9H9ClO4.Na.H/c10-7-1-2-8(6(3-7)4-11)14-5-9(12)13;;/h1-3,11H,4-5H2,(H,12,13);;/q;+1;-1. The second-order valence-corrected chi connectivity index (χ2v) is 3.03. The number of hydrogen-bond donors (Lipinski definition) is 2. The van der Waals surface area contributed by atoms with Gasteiger partial charge in [-0.3, -0.25) is 0 Å². The first-order chi connectivity index (χ1) is 6.63. The molecule has 0 atom stereocenters. The summed E-state index contributed by atoms with van der Waals surface area (Å²) in [6.07, 6.45) is 0. The van der Waals surface area contributed by atoms with Crippen LogP contribution in [0.2, 0.25) is 5.02 Å². The molecule has 0 heterocycles. The van der Waals surface area contributed by atoms with Crippen LogP contribution in [0.1, 0.15) is 6.99 Å². The second kappa shape index (κ2) is 7.09. The van der Waals surface area contributed by atoms with Crippen LogP contribution in [0.4, 0.5) is 0 Å². The third kappa shape index (κ3) is 4.86. The van der Waals surface area contributed by atoms with Gasteiger partial charge in [-0.15, -0.1) is 0 Å². The van der Waals surface area contributed by atoms with Crippen molar-refractivity contribution in [2.24, 2.45) is 0 Å². The minimum Gasteiger partial charge on any atom is -1.00 e. The fourth-order valence-electron chi connectivity index (χ4n) is 0.952. The zero-order valence-corrected chi connectivity index (χ0v) is 11.0. The Bertz CT molecular complexity index is 348. The number of carboxylic acids is 1. The summed E-state index contributed by atoms with van der Waals surface area (Å²) < 4.78 is 4.93. The molecule has 15 heavy (non-hydrogen) atoms. The van der Waals surface area contributed by atoms with Gasteiger partial charge in [0.05, 0.1) is 6.61 Å². The van der Waals surface area contributed by atoms with Crippen LogP contribution >= 0.6 is 11.6 Å². The summed E-state index contributed by atoms with van der Waals surface area (Å²) in [7, 11) is 0. The molecule has 6 heteroatoms. The van der Waals surface area contributed by atoms with Gasteiger partial charge in [0.25, 0.3) is 0 Å². The van der Waals surface area contributed by atoms with Crippen molar-refractivity contribution in [3.63, 3.8) is 0 Å². The van der Waals surface area contributed by atoms with Crippen LogP contribution in [0, 0.1) is 0 Å². The van der Waals surface area contributed by atoms with E-state index in [0.717, 1.165) is 0 Å². The molecule has 0 amide bonds. The Balaban J connectivity index is 0. The van der Waals surface area contributed by atoms with Crippen LogP contribution in [-0.2, 0) is 11.4 Å². The molecule has 0 unspecified atom stereocenters. The van der Waals surface area contributed by atoms with E-state index in [2.05, 4.69) is 0 Å². The molecule has 4 nitrogen and oxygen atoms in total. The molecule has 78 valence electrons. The van der Waals surface area contributed by atoms with Gasteiger partial charge in [-0.2, -0.15) is 0 Å². The summed E-state index contributed by atoms with van der Waals surface area (Å²) in [5.74, 6) is -0.733. The third-order valence-electron chi connectivity index (χ3n) is 1.54. The van der Waals surface area contributed by atoms with Gasteiger partial charge in [0, 0.05) is 10.6 Å². The fraction of sp³-hybridized carbons (Fsp3) is 0.222. The Hall–Kier alpha value is -0.260. The van der Waals surface area contributed by atoms with Gasteiger partial charge in [0.2, 0.25) is 0 Å². The van der Waals surface area contributed by atoms with E-state index in [4.69, 9.17) is 26.6 Å². The number of aliphatic carboxylic acids is 1. The number of aliphatic hydroxyl groups is 1. The summed E-state index contributed by atoms with van der Waals surface area (Å²) in [6.45, 7) is -0.676. The van der Waals surface area contributed by atoms with Crippen molar-refractivity contribution < 1.29 is 50.7 Å². The molecule has 2 N–H and O–H groups in total. The molecule has 0 radical (unpaired) electrons. The average Bonchev–Trinajstić information content (AvgIpc) is 2.15. The molecule has 0 aromatic heterocycles. The van der Waals surface area contributed by atoms with Crippen LogP contribution in [0.3, 0.4) is 0 Å². The minimum atomic E-state index is -1.07. The number of carbonyl (C=O) groups is 1. The Morgan fingerprint density at radius 1 is 1.53 bits per heavy atom. The van der Waals surface area contributed by atoms with Crippen molar-refractivity contribution in [1.82, 2.24) is 0 Å². The predicted molar refractivity (Wildman–Crippen MR) is 51.6 cm³/mol. The molecule has 0 aliphatic carbocycles. The molecule has 1 aromatic rings. The largest absolute Gasteiger partial charge is 1.00 e. The molecule has 1 rings (SSSR count). The molecule has 0 saturated carbocycles. The van der Waals surface area contributed by atoms with E-state index in [1.165, 1.54) is 12.1 Å². The molecule has 0 bridgehead atoms. The zero-order chi connectivity index (χ0) is 10.6. The summed E-state index contributed by atoms with van der Waals surface area (Å²) in [6, 6.07) is 4.62. The smallest absolute Gasteiger partial charge is 1.00 e. The van der Waals surface area contributed by atoms with Gasteiger partial charge in [0.15, 0.2) is 6.61 Å². The van der Waals surface area contributed by atoms with Crippen LogP contribution in [-0.4, -0.2) is 22.8 Å². The number of carboxylic acid groups (broad SMARTS) is 1. The maximum Gasteiger partial charge on any atom is 1.00 e. The minimum absolute atomic E-state index is 0. The monoisotopic (exact) mass is 240 g/mol. The molecule has 0 aliphatic heterocycles. The van der Waals surface area contributed by atoms with E-state index in [0.29, 0.717) is 16.3 Å². The SMILES string of the molecule is O=C(O)COc1ccc(Cl)cc1CO.[H-].[Na+]. The predicted octanol–water partition coefficient (Wildman–Crippen LogP) is -1.59. The Morgan fingerprint density at radius 3 is 2.73 bits per heavy atom. The summed E-state index contributed by atoms with van der Waals surface area (Å²) in [5.41, 5.74) is 0.471. The summed E-state index contributed by atoms with van der Waals surface area (Å²) >= 11 is 5.68. The van der Waals surface area contributed by atoms with Crippen molar-refractivity contribution in [3.8, 4) is 5.75 Å². The third-order valence-corrected chi connectivity index (χ3v) is 1.78. The second-order valence-electron chi connectivity index (χ2n) is 2.59.